The number of amides is 1. The molecule has 1 aromatic rings. The van der Waals surface area contributed by atoms with Crippen LogP contribution in [0.15, 0.2) is 4.52 Å². The van der Waals surface area contributed by atoms with Crippen LogP contribution in [-0.4, -0.2) is 11.1 Å². The molecular formula is C14H21N3O2. The van der Waals surface area contributed by atoms with Gasteiger partial charge in [-0.3, -0.25) is 10.2 Å². The van der Waals surface area contributed by atoms with Crippen molar-refractivity contribution in [2.24, 2.45) is 11.8 Å². The van der Waals surface area contributed by atoms with Crippen molar-refractivity contribution in [2.75, 3.05) is 0 Å². The van der Waals surface area contributed by atoms with E-state index in [1.807, 2.05) is 0 Å². The molecule has 0 spiro atoms. The molecule has 5 heteroatoms. The van der Waals surface area contributed by atoms with Crippen LogP contribution in [-0.2, 0) is 17.6 Å². The van der Waals surface area contributed by atoms with Gasteiger partial charge in [-0.1, -0.05) is 5.16 Å². The first-order valence-electron chi connectivity index (χ1n) is 7.27. The Hall–Kier alpha value is -1.36. The maximum atomic E-state index is 11.5. The predicted octanol–water partition coefficient (Wildman–Crippen LogP) is 1.82. The summed E-state index contributed by atoms with van der Waals surface area (Å²) < 4.78 is 5.49. The molecule has 0 aliphatic heterocycles. The Balaban J connectivity index is 1.68. The lowest BCUT2D eigenvalue weighted by molar-refractivity contribution is -0.126. The zero-order valence-corrected chi connectivity index (χ0v) is 11.2. The fraction of sp³-hybridized carbons (Fsp3) is 0.714. The molecule has 0 bridgehead atoms. The lowest BCUT2D eigenvalue weighted by Gasteiger charge is -2.26. The Morgan fingerprint density at radius 2 is 1.95 bits per heavy atom. The van der Waals surface area contributed by atoms with Gasteiger partial charge in [-0.05, 0) is 44.9 Å². The molecule has 104 valence electrons. The Morgan fingerprint density at radius 3 is 2.68 bits per heavy atom. The fourth-order valence-electron chi connectivity index (χ4n) is 3.48. The molecule has 1 aromatic heterocycles. The van der Waals surface area contributed by atoms with Gasteiger partial charge in [0.05, 0.1) is 5.69 Å². The maximum Gasteiger partial charge on any atom is 0.236 e. The molecule has 2 aliphatic rings. The molecule has 1 amide bonds. The summed E-state index contributed by atoms with van der Waals surface area (Å²) >= 11 is 0. The van der Waals surface area contributed by atoms with E-state index >= 15 is 0 Å². The van der Waals surface area contributed by atoms with Gasteiger partial charge in [0.2, 0.25) is 5.91 Å². The first-order valence-corrected chi connectivity index (χ1v) is 7.27. The van der Waals surface area contributed by atoms with Gasteiger partial charge in [-0.15, -0.1) is 0 Å². The highest BCUT2D eigenvalue weighted by atomic mass is 16.5. The molecule has 3 N–H and O–H groups in total. The number of hydrogen-bond acceptors (Lipinski definition) is 4. The lowest BCUT2D eigenvalue weighted by atomic mass is 9.78. The normalized spacial score (nSPS) is 26.8. The standard InChI is InChI=1S/C14H21N3O2/c15-16-14(18)10-7-5-9(6-8-10)13-11-3-1-2-4-12(11)19-17-13/h9-10H,1-8,15H2,(H,16,18)/t9-,10+. The number of hydrazine groups is 1. The number of fused-ring (bicyclic) bond motifs is 1. The van der Waals surface area contributed by atoms with Crippen LogP contribution >= 0.6 is 0 Å². The molecule has 5 nitrogen and oxygen atoms in total. The van der Waals surface area contributed by atoms with Gasteiger partial charge in [0.15, 0.2) is 0 Å². The zero-order valence-electron chi connectivity index (χ0n) is 11.2. The predicted molar refractivity (Wildman–Crippen MR) is 70.2 cm³/mol. The Bertz CT molecular complexity index is 461. The van der Waals surface area contributed by atoms with Crippen molar-refractivity contribution in [1.82, 2.24) is 10.6 Å². The summed E-state index contributed by atoms with van der Waals surface area (Å²) in [7, 11) is 0. The van der Waals surface area contributed by atoms with Gasteiger partial charge in [-0.25, -0.2) is 5.84 Å². The molecule has 2 aliphatic carbocycles. The topological polar surface area (TPSA) is 81.1 Å². The molecular weight excluding hydrogens is 242 g/mol. The Morgan fingerprint density at radius 1 is 1.21 bits per heavy atom. The van der Waals surface area contributed by atoms with Gasteiger partial charge >= 0.3 is 0 Å². The Kier molecular flexibility index (Phi) is 3.55. The molecule has 0 saturated heterocycles. The summed E-state index contributed by atoms with van der Waals surface area (Å²) in [5.74, 6) is 6.81. The Labute approximate surface area is 112 Å². The minimum absolute atomic E-state index is 0.0272. The fourth-order valence-corrected chi connectivity index (χ4v) is 3.48. The molecule has 0 aromatic carbocycles. The third-order valence-corrected chi connectivity index (χ3v) is 4.61. The number of aromatic nitrogens is 1. The average Bonchev–Trinajstić information content (AvgIpc) is 2.90. The van der Waals surface area contributed by atoms with Crippen LogP contribution in [0.1, 0.15) is 61.5 Å². The smallest absolute Gasteiger partial charge is 0.236 e. The summed E-state index contributed by atoms with van der Waals surface area (Å²) in [4.78, 5) is 11.5. The van der Waals surface area contributed by atoms with Crippen molar-refractivity contribution in [3.63, 3.8) is 0 Å². The van der Waals surface area contributed by atoms with Crippen molar-refractivity contribution in [3.05, 3.63) is 17.0 Å². The van der Waals surface area contributed by atoms with Crippen LogP contribution in [0.4, 0.5) is 0 Å². The second-order valence-corrected chi connectivity index (χ2v) is 5.73. The minimum Gasteiger partial charge on any atom is -0.361 e. The van der Waals surface area contributed by atoms with E-state index in [4.69, 9.17) is 10.4 Å². The number of carbonyl (C=O) groups excluding carboxylic acids is 1. The molecule has 0 radical (unpaired) electrons. The third kappa shape index (κ3) is 2.39. The SMILES string of the molecule is NNC(=O)[C@H]1CC[C@@H](c2noc3c2CCCC3)CC1. The number of nitrogens with two attached hydrogens (primary N) is 1. The monoisotopic (exact) mass is 263 g/mol. The van der Waals surface area contributed by atoms with Crippen LogP contribution in [0.3, 0.4) is 0 Å². The quantitative estimate of drug-likeness (QED) is 0.484. The first-order chi connectivity index (χ1) is 9.29. The third-order valence-electron chi connectivity index (χ3n) is 4.61. The van der Waals surface area contributed by atoms with Crippen LogP contribution in [0.25, 0.3) is 0 Å². The van der Waals surface area contributed by atoms with Crippen LogP contribution in [0, 0.1) is 5.92 Å². The van der Waals surface area contributed by atoms with E-state index in [0.29, 0.717) is 5.92 Å². The molecule has 1 heterocycles. The summed E-state index contributed by atoms with van der Waals surface area (Å²) in [6, 6.07) is 0. The largest absolute Gasteiger partial charge is 0.361 e. The van der Waals surface area contributed by atoms with E-state index in [2.05, 4.69) is 10.6 Å². The van der Waals surface area contributed by atoms with E-state index in [1.54, 1.807) is 0 Å². The molecule has 0 atom stereocenters. The highest BCUT2D eigenvalue weighted by Crippen LogP contribution is 2.38. The summed E-state index contributed by atoms with van der Waals surface area (Å²) in [6.45, 7) is 0. The number of aryl methyl sites for hydroxylation is 1. The summed E-state index contributed by atoms with van der Waals surface area (Å²) in [5.41, 5.74) is 4.79. The van der Waals surface area contributed by atoms with Gasteiger partial charge in [0.25, 0.3) is 0 Å². The maximum absolute atomic E-state index is 11.5. The lowest BCUT2D eigenvalue weighted by Crippen LogP contribution is -2.37. The molecule has 1 saturated carbocycles. The van der Waals surface area contributed by atoms with E-state index in [1.165, 1.54) is 24.1 Å². The number of hydrogen-bond donors (Lipinski definition) is 2. The highest BCUT2D eigenvalue weighted by molar-refractivity contribution is 5.78. The van der Waals surface area contributed by atoms with Crippen LogP contribution < -0.4 is 11.3 Å². The van der Waals surface area contributed by atoms with Gasteiger partial charge in [-0.2, -0.15) is 0 Å². The highest BCUT2D eigenvalue weighted by Gasteiger charge is 2.31. The van der Waals surface area contributed by atoms with Gasteiger partial charge in [0.1, 0.15) is 5.76 Å². The van der Waals surface area contributed by atoms with Gasteiger partial charge < -0.3 is 4.52 Å². The molecule has 1 fully saturated rings. The van der Waals surface area contributed by atoms with E-state index < -0.39 is 0 Å². The first kappa shape index (κ1) is 12.7. The van der Waals surface area contributed by atoms with E-state index in [9.17, 15) is 4.79 Å². The van der Waals surface area contributed by atoms with E-state index in [0.717, 1.165) is 44.3 Å². The van der Waals surface area contributed by atoms with Crippen LogP contribution in [0.5, 0.6) is 0 Å². The van der Waals surface area contributed by atoms with Crippen molar-refractivity contribution < 1.29 is 9.32 Å². The summed E-state index contributed by atoms with van der Waals surface area (Å²) in [6.07, 6.45) is 8.42. The van der Waals surface area contributed by atoms with Crippen molar-refractivity contribution in [3.8, 4) is 0 Å². The number of nitrogens with zero attached hydrogens (tertiary/aromatic N) is 1. The second kappa shape index (κ2) is 5.33. The zero-order chi connectivity index (χ0) is 13.2. The van der Waals surface area contributed by atoms with Crippen molar-refractivity contribution >= 4 is 5.91 Å². The number of carbonyl (C=O) groups is 1. The number of nitrogens with one attached hydrogen (secondary N) is 1. The number of rotatable bonds is 2. The molecule has 19 heavy (non-hydrogen) atoms. The van der Waals surface area contributed by atoms with Crippen LogP contribution in [0.2, 0.25) is 0 Å². The second-order valence-electron chi connectivity index (χ2n) is 5.73. The van der Waals surface area contributed by atoms with E-state index in [-0.39, 0.29) is 11.8 Å². The average molecular weight is 263 g/mol. The summed E-state index contributed by atoms with van der Waals surface area (Å²) in [5, 5.41) is 4.31. The molecule has 3 rings (SSSR count). The van der Waals surface area contributed by atoms with Gasteiger partial charge in [0, 0.05) is 23.8 Å². The minimum atomic E-state index is -0.0272. The van der Waals surface area contributed by atoms with Crippen molar-refractivity contribution in [2.45, 2.75) is 57.3 Å². The van der Waals surface area contributed by atoms with Crippen molar-refractivity contribution in [1.29, 1.82) is 0 Å². The molecule has 0 unspecified atom stereocenters.